The molecule has 0 N–H and O–H groups in total. The second-order valence-electron chi connectivity index (χ2n) is 6.34. The zero-order valence-corrected chi connectivity index (χ0v) is 17.8. The number of esters is 1. The fourth-order valence-electron chi connectivity index (χ4n) is 3.07. The first-order valence-electron chi connectivity index (χ1n) is 9.05. The van der Waals surface area contributed by atoms with Gasteiger partial charge < -0.3 is 9.64 Å². The van der Waals surface area contributed by atoms with Crippen molar-refractivity contribution in [1.29, 1.82) is 0 Å². The number of aromatic nitrogens is 2. The van der Waals surface area contributed by atoms with Gasteiger partial charge in [-0.25, -0.2) is 14.8 Å². The molecule has 0 radical (unpaired) electrons. The van der Waals surface area contributed by atoms with Crippen LogP contribution in [0.1, 0.15) is 47.8 Å². The van der Waals surface area contributed by atoms with Crippen molar-refractivity contribution in [3.63, 3.8) is 0 Å². The Bertz CT molecular complexity index is 848. The maximum atomic E-state index is 12.5. The molecule has 1 saturated heterocycles. The summed E-state index contributed by atoms with van der Waals surface area (Å²) in [5, 5.41) is 1.43. The Hall–Kier alpha value is -1.38. The molecule has 0 bridgehead atoms. The first-order valence-corrected chi connectivity index (χ1v) is 11.2. The number of rotatable bonds is 5. The van der Waals surface area contributed by atoms with Crippen LogP contribution >= 0.6 is 34.7 Å². The monoisotopic (exact) mass is 427 g/mol. The van der Waals surface area contributed by atoms with E-state index >= 15 is 0 Å². The quantitative estimate of drug-likeness (QED) is 0.306. The van der Waals surface area contributed by atoms with Crippen LogP contribution in [0.4, 0.5) is 0 Å². The van der Waals surface area contributed by atoms with Crippen LogP contribution in [0.5, 0.6) is 0 Å². The Morgan fingerprint density at radius 1 is 1.22 bits per heavy atom. The topological polar surface area (TPSA) is 72.4 Å². The van der Waals surface area contributed by atoms with Gasteiger partial charge in [-0.3, -0.25) is 4.79 Å². The minimum absolute atomic E-state index is 0.108. The van der Waals surface area contributed by atoms with Crippen molar-refractivity contribution >= 4 is 56.8 Å². The Labute approximate surface area is 171 Å². The third kappa shape index (κ3) is 4.73. The lowest BCUT2D eigenvalue weighted by molar-refractivity contribution is -0.128. The van der Waals surface area contributed by atoms with E-state index in [4.69, 9.17) is 16.3 Å². The van der Waals surface area contributed by atoms with E-state index in [1.165, 1.54) is 35.9 Å². The standard InChI is InChI=1S/C18H22ClN3O3S2/c1-3-25-17(24)14-11(2)13-15(19)20-18(21-16(13)27-14)26-10-12(23)22-8-6-4-5-7-9-22/h3-10H2,1-2H3. The third-order valence-corrected chi connectivity index (χ3v) is 6.74. The number of thioether (sulfide) groups is 1. The van der Waals surface area contributed by atoms with Crippen molar-refractivity contribution in [2.75, 3.05) is 25.4 Å². The summed E-state index contributed by atoms with van der Waals surface area (Å²) in [5.41, 5.74) is 0.732. The molecule has 2 aromatic heterocycles. The average molecular weight is 428 g/mol. The third-order valence-electron chi connectivity index (χ3n) is 4.47. The van der Waals surface area contributed by atoms with E-state index in [2.05, 4.69) is 9.97 Å². The number of hydrogen-bond acceptors (Lipinski definition) is 7. The first kappa shape index (κ1) is 20.4. The van der Waals surface area contributed by atoms with E-state index in [0.717, 1.165) is 31.5 Å². The van der Waals surface area contributed by atoms with E-state index in [0.29, 0.717) is 32.0 Å². The molecule has 2 aromatic rings. The molecular formula is C18H22ClN3O3S2. The Morgan fingerprint density at radius 2 is 1.93 bits per heavy atom. The highest BCUT2D eigenvalue weighted by atomic mass is 35.5. The van der Waals surface area contributed by atoms with Crippen molar-refractivity contribution in [3.8, 4) is 0 Å². The van der Waals surface area contributed by atoms with Crippen LogP contribution < -0.4 is 0 Å². The number of fused-ring (bicyclic) bond motifs is 1. The average Bonchev–Trinajstić information content (AvgIpc) is 2.82. The van der Waals surface area contributed by atoms with Gasteiger partial charge in [0.1, 0.15) is 14.9 Å². The summed E-state index contributed by atoms with van der Waals surface area (Å²) in [6.07, 6.45) is 4.51. The van der Waals surface area contributed by atoms with Gasteiger partial charge in [-0.2, -0.15) is 0 Å². The zero-order valence-electron chi connectivity index (χ0n) is 15.4. The highest BCUT2D eigenvalue weighted by Crippen LogP contribution is 2.35. The number of hydrogen-bond donors (Lipinski definition) is 0. The minimum atomic E-state index is -0.375. The fourth-order valence-corrected chi connectivity index (χ4v) is 5.36. The first-order chi connectivity index (χ1) is 13.0. The molecule has 0 spiro atoms. The molecule has 3 rings (SSSR count). The molecule has 0 saturated carbocycles. The summed E-state index contributed by atoms with van der Waals surface area (Å²) in [6.45, 7) is 5.55. The van der Waals surface area contributed by atoms with E-state index in [1.54, 1.807) is 6.92 Å². The molecule has 27 heavy (non-hydrogen) atoms. The van der Waals surface area contributed by atoms with Gasteiger partial charge in [-0.05, 0) is 32.3 Å². The number of ether oxygens (including phenoxy) is 1. The number of carbonyl (C=O) groups is 2. The smallest absolute Gasteiger partial charge is 0.348 e. The van der Waals surface area contributed by atoms with Gasteiger partial charge in [0.25, 0.3) is 0 Å². The number of nitrogens with zero attached hydrogens (tertiary/aromatic N) is 3. The molecule has 9 heteroatoms. The van der Waals surface area contributed by atoms with Crippen LogP contribution in [-0.2, 0) is 9.53 Å². The zero-order chi connectivity index (χ0) is 19.4. The van der Waals surface area contributed by atoms with Crippen LogP contribution in [0, 0.1) is 6.92 Å². The molecular weight excluding hydrogens is 406 g/mol. The second-order valence-corrected chi connectivity index (χ2v) is 8.64. The predicted molar refractivity (Wildman–Crippen MR) is 109 cm³/mol. The lowest BCUT2D eigenvalue weighted by Crippen LogP contribution is -2.33. The van der Waals surface area contributed by atoms with Gasteiger partial charge in [-0.1, -0.05) is 36.2 Å². The number of thiophene rings is 1. The van der Waals surface area contributed by atoms with E-state index < -0.39 is 0 Å². The summed E-state index contributed by atoms with van der Waals surface area (Å²) < 4.78 is 5.09. The SMILES string of the molecule is CCOC(=O)c1sc2nc(SCC(=O)N3CCCCCC3)nc(Cl)c2c1C. The van der Waals surface area contributed by atoms with Gasteiger partial charge >= 0.3 is 5.97 Å². The maximum absolute atomic E-state index is 12.5. The number of likely N-dealkylation sites (tertiary alicyclic amines) is 1. The molecule has 0 aliphatic carbocycles. The van der Waals surface area contributed by atoms with E-state index in [-0.39, 0.29) is 17.6 Å². The van der Waals surface area contributed by atoms with Gasteiger partial charge in [0, 0.05) is 13.1 Å². The van der Waals surface area contributed by atoms with Crippen molar-refractivity contribution < 1.29 is 14.3 Å². The molecule has 1 aliphatic heterocycles. The molecule has 146 valence electrons. The van der Waals surface area contributed by atoms with Crippen LogP contribution in [0.3, 0.4) is 0 Å². The Balaban J connectivity index is 1.75. The molecule has 1 amide bonds. The maximum Gasteiger partial charge on any atom is 0.348 e. The summed E-state index contributed by atoms with van der Waals surface area (Å²) in [5.74, 6) is 0.0209. The highest BCUT2D eigenvalue weighted by Gasteiger charge is 2.22. The van der Waals surface area contributed by atoms with Crippen LogP contribution in [-0.4, -0.2) is 52.2 Å². The largest absolute Gasteiger partial charge is 0.462 e. The molecule has 0 atom stereocenters. The van der Waals surface area contributed by atoms with Gasteiger partial charge in [-0.15, -0.1) is 11.3 Å². The number of aryl methyl sites for hydroxylation is 1. The molecule has 0 unspecified atom stereocenters. The van der Waals surface area contributed by atoms with Crippen LogP contribution in [0.2, 0.25) is 5.15 Å². The molecule has 0 aromatic carbocycles. The van der Waals surface area contributed by atoms with Crippen molar-refractivity contribution in [2.45, 2.75) is 44.7 Å². The normalized spacial score (nSPS) is 15.0. The predicted octanol–water partition coefficient (Wildman–Crippen LogP) is 4.32. The van der Waals surface area contributed by atoms with Gasteiger partial charge in [0.15, 0.2) is 5.16 Å². The number of halogens is 1. The highest BCUT2D eigenvalue weighted by molar-refractivity contribution is 7.99. The van der Waals surface area contributed by atoms with Crippen molar-refractivity contribution in [1.82, 2.24) is 14.9 Å². The van der Waals surface area contributed by atoms with Crippen molar-refractivity contribution in [2.24, 2.45) is 0 Å². The summed E-state index contributed by atoms with van der Waals surface area (Å²) in [7, 11) is 0. The van der Waals surface area contributed by atoms with Crippen LogP contribution in [0.15, 0.2) is 5.16 Å². The molecule has 6 nitrogen and oxygen atoms in total. The Morgan fingerprint density at radius 3 is 2.59 bits per heavy atom. The van der Waals surface area contributed by atoms with Crippen molar-refractivity contribution in [3.05, 3.63) is 15.6 Å². The second kappa shape index (κ2) is 9.21. The van der Waals surface area contributed by atoms with E-state index in [9.17, 15) is 9.59 Å². The summed E-state index contributed by atoms with van der Waals surface area (Å²) >= 11 is 8.87. The summed E-state index contributed by atoms with van der Waals surface area (Å²) in [4.78, 5) is 36.4. The minimum Gasteiger partial charge on any atom is -0.462 e. The molecule has 1 fully saturated rings. The van der Waals surface area contributed by atoms with Crippen LogP contribution in [0.25, 0.3) is 10.2 Å². The van der Waals surface area contributed by atoms with Gasteiger partial charge in [0.2, 0.25) is 5.91 Å². The van der Waals surface area contributed by atoms with E-state index in [1.807, 2.05) is 11.8 Å². The number of amides is 1. The Kier molecular flexibility index (Phi) is 6.94. The lowest BCUT2D eigenvalue weighted by atomic mass is 10.2. The molecule has 1 aliphatic rings. The molecule has 3 heterocycles. The fraction of sp³-hybridized carbons (Fsp3) is 0.556. The lowest BCUT2D eigenvalue weighted by Gasteiger charge is -2.19. The summed E-state index contributed by atoms with van der Waals surface area (Å²) in [6, 6.07) is 0. The van der Waals surface area contributed by atoms with Gasteiger partial charge in [0.05, 0.1) is 17.7 Å². The number of carbonyl (C=O) groups excluding carboxylic acids is 2.